The van der Waals surface area contributed by atoms with Gasteiger partial charge in [0, 0.05) is 37.7 Å². The molecule has 2 saturated heterocycles. The van der Waals surface area contributed by atoms with E-state index in [4.69, 9.17) is 9.31 Å². The maximum Gasteiger partial charge on any atom is 0.494 e. The number of carbonyl (C=O) groups excluding carboxylic acids is 1. The molecule has 7 nitrogen and oxygen atoms in total. The summed E-state index contributed by atoms with van der Waals surface area (Å²) in [5, 5.41) is 0. The molecule has 180 valence electrons. The Kier molecular flexibility index (Phi) is 5.93. The van der Waals surface area contributed by atoms with Crippen LogP contribution in [-0.2, 0) is 14.1 Å². The van der Waals surface area contributed by atoms with Crippen molar-refractivity contribution in [2.24, 2.45) is 5.92 Å². The number of piperidine rings is 1. The molecule has 1 aromatic heterocycles. The van der Waals surface area contributed by atoms with Crippen molar-refractivity contribution < 1.29 is 14.1 Å². The van der Waals surface area contributed by atoms with Crippen molar-refractivity contribution in [2.45, 2.75) is 70.6 Å². The highest BCUT2D eigenvalue weighted by Crippen LogP contribution is 2.37. The zero-order valence-electron chi connectivity index (χ0n) is 21.0. The van der Waals surface area contributed by atoms with Crippen LogP contribution in [-0.4, -0.2) is 65.3 Å². The smallest absolute Gasteiger partial charge is 0.399 e. The van der Waals surface area contributed by atoms with Crippen LogP contribution in [0.15, 0.2) is 36.8 Å². The molecule has 1 aliphatic carbocycles. The predicted molar refractivity (Wildman–Crippen MR) is 134 cm³/mol. The molecule has 2 aliphatic heterocycles. The van der Waals surface area contributed by atoms with Crippen molar-refractivity contribution in [2.75, 3.05) is 25.0 Å². The Morgan fingerprint density at radius 2 is 1.65 bits per heavy atom. The number of amides is 1. The molecule has 0 bridgehead atoms. The van der Waals surface area contributed by atoms with E-state index in [0.29, 0.717) is 11.9 Å². The van der Waals surface area contributed by atoms with Crippen molar-refractivity contribution in [3.05, 3.63) is 36.8 Å². The second kappa shape index (κ2) is 8.65. The summed E-state index contributed by atoms with van der Waals surface area (Å²) >= 11 is 0. The second-order valence-electron chi connectivity index (χ2n) is 10.9. The highest BCUT2D eigenvalue weighted by Gasteiger charge is 2.51. The summed E-state index contributed by atoms with van der Waals surface area (Å²) in [6.07, 6.45) is 7.53. The van der Waals surface area contributed by atoms with Gasteiger partial charge in [0.1, 0.15) is 6.33 Å². The predicted octanol–water partition coefficient (Wildman–Crippen LogP) is 3.28. The fraction of sp³-hybridized carbons (Fsp3) is 0.577. The van der Waals surface area contributed by atoms with Crippen LogP contribution in [0.4, 0.5) is 5.69 Å². The van der Waals surface area contributed by atoms with Crippen LogP contribution in [0.5, 0.6) is 0 Å². The monoisotopic (exact) mass is 462 g/mol. The summed E-state index contributed by atoms with van der Waals surface area (Å²) < 4.78 is 12.4. The van der Waals surface area contributed by atoms with E-state index < -0.39 is 0 Å². The van der Waals surface area contributed by atoms with Crippen LogP contribution in [0.1, 0.15) is 53.4 Å². The van der Waals surface area contributed by atoms with Gasteiger partial charge in [-0.05, 0) is 58.8 Å². The topological polar surface area (TPSA) is 67.8 Å². The lowest BCUT2D eigenvalue weighted by Gasteiger charge is -2.35. The average molecular weight is 462 g/mol. The summed E-state index contributed by atoms with van der Waals surface area (Å²) in [5.74, 6) is 0.430. The zero-order chi connectivity index (χ0) is 24.1. The molecule has 3 aliphatic rings. The highest BCUT2D eigenvalue weighted by atomic mass is 16.7. The van der Waals surface area contributed by atoms with E-state index in [9.17, 15) is 4.79 Å². The standard InChI is InChI=1S/C26H35BN4O3/c1-25(2)26(3,4)34-27(33-25)20-8-6-18(7-9-20)23-22(16-28-17-29-23)31-14-12-19(13-15-31)24(32)30(5)21-10-11-21/h6-9,16-17,19,21H,10-15H2,1-5H3. The van der Waals surface area contributed by atoms with E-state index in [2.05, 4.69) is 66.8 Å². The summed E-state index contributed by atoms with van der Waals surface area (Å²) in [4.78, 5) is 26.0. The molecule has 0 atom stereocenters. The number of hydrogen-bond acceptors (Lipinski definition) is 6. The SMILES string of the molecule is CN(C(=O)C1CCN(c2cncnc2-c2ccc(B3OC(C)(C)C(C)(C)O3)cc2)CC1)C1CC1. The third-order valence-electron chi connectivity index (χ3n) is 8.03. The lowest BCUT2D eigenvalue weighted by Crippen LogP contribution is -2.42. The molecule has 0 N–H and O–H groups in total. The van der Waals surface area contributed by atoms with Gasteiger partial charge in [0.15, 0.2) is 0 Å². The molecule has 1 amide bonds. The van der Waals surface area contributed by atoms with Crippen molar-refractivity contribution in [1.29, 1.82) is 0 Å². The van der Waals surface area contributed by atoms with Crippen molar-refractivity contribution >= 4 is 24.2 Å². The Morgan fingerprint density at radius 1 is 1.03 bits per heavy atom. The number of anilines is 1. The molecule has 3 heterocycles. The maximum absolute atomic E-state index is 12.8. The van der Waals surface area contributed by atoms with Crippen LogP contribution >= 0.6 is 0 Å². The molecule has 8 heteroatoms. The maximum atomic E-state index is 12.8. The largest absolute Gasteiger partial charge is 0.494 e. The first-order chi connectivity index (χ1) is 16.2. The fourth-order valence-corrected chi connectivity index (χ4v) is 4.85. The zero-order valence-corrected chi connectivity index (χ0v) is 21.0. The van der Waals surface area contributed by atoms with Crippen LogP contribution < -0.4 is 10.4 Å². The van der Waals surface area contributed by atoms with Crippen molar-refractivity contribution in [3.63, 3.8) is 0 Å². The normalized spacial score (nSPS) is 22.1. The van der Waals surface area contributed by atoms with E-state index in [1.165, 1.54) is 0 Å². The van der Waals surface area contributed by atoms with Gasteiger partial charge < -0.3 is 19.1 Å². The number of carbonyl (C=O) groups is 1. The minimum atomic E-state index is -0.380. The first-order valence-corrected chi connectivity index (χ1v) is 12.4. The Hall–Kier alpha value is -2.45. The third kappa shape index (κ3) is 4.34. The van der Waals surface area contributed by atoms with Gasteiger partial charge in [-0.25, -0.2) is 9.97 Å². The molecule has 34 heavy (non-hydrogen) atoms. The Morgan fingerprint density at radius 3 is 2.24 bits per heavy atom. The Balaban J connectivity index is 1.29. The van der Waals surface area contributed by atoms with Crippen LogP contribution in [0.3, 0.4) is 0 Å². The van der Waals surface area contributed by atoms with Crippen LogP contribution in [0.25, 0.3) is 11.3 Å². The van der Waals surface area contributed by atoms with Gasteiger partial charge in [-0.15, -0.1) is 0 Å². The summed E-state index contributed by atoms with van der Waals surface area (Å²) in [6.45, 7) is 9.93. The number of hydrogen-bond donors (Lipinski definition) is 0. The number of nitrogens with zero attached hydrogens (tertiary/aromatic N) is 4. The number of rotatable bonds is 5. The van der Waals surface area contributed by atoms with Gasteiger partial charge in [0.2, 0.25) is 5.91 Å². The first-order valence-electron chi connectivity index (χ1n) is 12.4. The lowest BCUT2D eigenvalue weighted by molar-refractivity contribution is -0.135. The molecule has 0 unspecified atom stereocenters. The fourth-order valence-electron chi connectivity index (χ4n) is 4.85. The summed E-state index contributed by atoms with van der Waals surface area (Å²) in [5.41, 5.74) is 3.23. The molecule has 2 aromatic rings. The van der Waals surface area contributed by atoms with Gasteiger partial charge in [-0.1, -0.05) is 24.3 Å². The highest BCUT2D eigenvalue weighted by molar-refractivity contribution is 6.62. The molecule has 1 saturated carbocycles. The first kappa shape index (κ1) is 23.3. The molecule has 1 aromatic carbocycles. The van der Waals surface area contributed by atoms with Crippen LogP contribution in [0, 0.1) is 5.92 Å². The van der Waals surface area contributed by atoms with E-state index in [1.807, 2.05) is 18.1 Å². The van der Waals surface area contributed by atoms with Crippen LogP contribution in [0.2, 0.25) is 0 Å². The van der Waals surface area contributed by atoms with Crippen molar-refractivity contribution in [3.8, 4) is 11.3 Å². The summed E-state index contributed by atoms with van der Waals surface area (Å²) in [6, 6.07) is 8.74. The van der Waals surface area contributed by atoms with Gasteiger partial charge >= 0.3 is 7.12 Å². The van der Waals surface area contributed by atoms with Gasteiger partial charge in [0.05, 0.1) is 28.8 Å². The molecule has 0 spiro atoms. The Bertz CT molecular complexity index is 1030. The molecule has 3 fully saturated rings. The van der Waals surface area contributed by atoms with E-state index in [1.54, 1.807) is 6.33 Å². The van der Waals surface area contributed by atoms with Gasteiger partial charge in [0.25, 0.3) is 0 Å². The van der Waals surface area contributed by atoms with E-state index in [-0.39, 0.29) is 24.2 Å². The van der Waals surface area contributed by atoms with Gasteiger partial charge in [-0.3, -0.25) is 4.79 Å². The number of aromatic nitrogens is 2. The molecule has 0 radical (unpaired) electrons. The second-order valence-corrected chi connectivity index (χ2v) is 10.9. The molecular weight excluding hydrogens is 427 g/mol. The molecule has 5 rings (SSSR count). The van der Waals surface area contributed by atoms with E-state index in [0.717, 1.165) is 61.2 Å². The van der Waals surface area contributed by atoms with E-state index >= 15 is 0 Å². The molecular formula is C26H35BN4O3. The Labute approximate surface area is 203 Å². The lowest BCUT2D eigenvalue weighted by atomic mass is 9.78. The van der Waals surface area contributed by atoms with Crippen molar-refractivity contribution in [1.82, 2.24) is 14.9 Å². The minimum absolute atomic E-state index is 0.120. The summed E-state index contributed by atoms with van der Waals surface area (Å²) in [7, 11) is 1.58. The average Bonchev–Trinajstić information content (AvgIpc) is 3.65. The third-order valence-corrected chi connectivity index (χ3v) is 8.03. The number of benzene rings is 1. The minimum Gasteiger partial charge on any atom is -0.399 e. The quantitative estimate of drug-likeness (QED) is 0.636. The van der Waals surface area contributed by atoms with Gasteiger partial charge in [-0.2, -0.15) is 0 Å².